The van der Waals surface area contributed by atoms with Gasteiger partial charge in [-0.05, 0) is 45.7 Å². The standard InChI is InChI=1S/C28H34FN6O7P/c1-6-28(29)23(36)21(15-40-43(38,33-17(3)26(37)39-7-2)42-20-11-9-8-10-12-20)41-27(28)35-16-30-22-24(34(5)19-13-14-19)31-18(4)32-25(22)35/h1,8-12,16-17,19,21,23,27,36H,7,13-15H2,2-5H3,(H,33,38)/t17-,21+,23+,27+,28+,43?/m0/s1. The number of fused-ring (bicyclic) bond motifs is 1. The molecule has 0 radical (unpaired) electrons. The molecule has 2 aliphatic rings. The number of nitrogens with one attached hydrogen (secondary N) is 1. The van der Waals surface area contributed by atoms with Crippen LogP contribution in [-0.2, 0) is 23.4 Å². The summed E-state index contributed by atoms with van der Waals surface area (Å²) in [5.41, 5.74) is -2.04. The van der Waals surface area contributed by atoms with E-state index < -0.39 is 50.5 Å². The van der Waals surface area contributed by atoms with Crippen molar-refractivity contribution >= 4 is 30.7 Å². The Balaban J connectivity index is 1.41. The molecule has 1 aliphatic carbocycles. The fourth-order valence-corrected chi connectivity index (χ4v) is 6.31. The second-order valence-electron chi connectivity index (χ2n) is 10.4. The van der Waals surface area contributed by atoms with Gasteiger partial charge in [-0.2, -0.15) is 5.09 Å². The van der Waals surface area contributed by atoms with Gasteiger partial charge in [-0.1, -0.05) is 24.1 Å². The maximum absolute atomic E-state index is 16.4. The normalized spacial score (nSPS) is 25.6. The van der Waals surface area contributed by atoms with Gasteiger partial charge in [0.25, 0.3) is 0 Å². The lowest BCUT2D eigenvalue weighted by atomic mass is 9.97. The van der Waals surface area contributed by atoms with Gasteiger partial charge in [-0.3, -0.25) is 13.9 Å². The fourth-order valence-electron chi connectivity index (χ4n) is 4.81. The second-order valence-corrected chi connectivity index (χ2v) is 12.1. The lowest BCUT2D eigenvalue weighted by Crippen LogP contribution is -2.42. The Labute approximate surface area is 248 Å². The number of para-hydroxylation sites is 1. The zero-order valence-electron chi connectivity index (χ0n) is 24.2. The number of imidazole rings is 1. The molecule has 1 aliphatic heterocycles. The summed E-state index contributed by atoms with van der Waals surface area (Å²) in [5, 5.41) is 13.6. The van der Waals surface area contributed by atoms with E-state index in [1.807, 2.05) is 17.9 Å². The van der Waals surface area contributed by atoms with Gasteiger partial charge in [0, 0.05) is 13.1 Å². The lowest BCUT2D eigenvalue weighted by molar-refractivity contribution is -0.144. The van der Waals surface area contributed by atoms with Crippen LogP contribution in [0.1, 0.15) is 38.7 Å². The number of hydrogen-bond acceptors (Lipinski definition) is 11. The van der Waals surface area contributed by atoms with Crippen molar-refractivity contribution in [3.8, 4) is 18.1 Å². The average Bonchev–Trinajstić information content (AvgIpc) is 3.71. The number of aliphatic hydroxyl groups is 1. The minimum atomic E-state index is -4.31. The van der Waals surface area contributed by atoms with Crippen LogP contribution in [0.4, 0.5) is 10.2 Å². The maximum atomic E-state index is 16.4. The molecule has 5 rings (SSSR count). The molecule has 2 aromatic heterocycles. The third kappa shape index (κ3) is 6.23. The van der Waals surface area contributed by atoms with Crippen LogP contribution in [0.2, 0.25) is 0 Å². The number of anilines is 1. The monoisotopic (exact) mass is 616 g/mol. The van der Waals surface area contributed by atoms with E-state index >= 15 is 4.39 Å². The van der Waals surface area contributed by atoms with Crippen molar-refractivity contribution in [1.29, 1.82) is 0 Å². The fraction of sp³-hybridized carbons (Fsp3) is 0.500. The molecule has 2 fully saturated rings. The first-order valence-corrected chi connectivity index (χ1v) is 15.4. The summed E-state index contributed by atoms with van der Waals surface area (Å²) >= 11 is 0. The molecular weight excluding hydrogens is 582 g/mol. The van der Waals surface area contributed by atoms with Crippen LogP contribution in [-0.4, -0.2) is 80.8 Å². The Hall–Kier alpha value is -3.60. The number of aryl methyl sites for hydroxylation is 1. The number of benzene rings is 1. The smallest absolute Gasteiger partial charge is 0.459 e. The minimum Gasteiger partial charge on any atom is -0.465 e. The van der Waals surface area contributed by atoms with E-state index in [9.17, 15) is 14.5 Å². The number of rotatable bonds is 12. The minimum absolute atomic E-state index is 0.107. The van der Waals surface area contributed by atoms with E-state index in [0.29, 0.717) is 23.2 Å². The highest BCUT2D eigenvalue weighted by atomic mass is 31.2. The Morgan fingerprint density at radius 3 is 2.74 bits per heavy atom. The van der Waals surface area contributed by atoms with Crippen molar-refractivity contribution in [3.63, 3.8) is 0 Å². The van der Waals surface area contributed by atoms with Crippen LogP contribution in [0.3, 0.4) is 0 Å². The molecule has 6 atom stereocenters. The Morgan fingerprint density at radius 1 is 1.37 bits per heavy atom. The highest BCUT2D eigenvalue weighted by molar-refractivity contribution is 7.52. The molecule has 0 spiro atoms. The van der Waals surface area contributed by atoms with Gasteiger partial charge in [-0.25, -0.2) is 23.9 Å². The molecule has 1 saturated carbocycles. The number of carbonyl (C=O) groups is 1. The van der Waals surface area contributed by atoms with Crippen LogP contribution >= 0.6 is 7.75 Å². The number of ether oxygens (including phenoxy) is 2. The zero-order chi connectivity index (χ0) is 30.9. The van der Waals surface area contributed by atoms with Gasteiger partial charge < -0.3 is 24.0 Å². The number of nitrogens with zero attached hydrogens (tertiary/aromatic N) is 5. The summed E-state index contributed by atoms with van der Waals surface area (Å²) in [6.45, 7) is 4.26. The summed E-state index contributed by atoms with van der Waals surface area (Å²) in [6, 6.07) is 7.36. The molecule has 3 aromatic rings. The number of terminal acetylenes is 1. The predicted molar refractivity (Wildman–Crippen MR) is 154 cm³/mol. The summed E-state index contributed by atoms with van der Waals surface area (Å²) < 4.78 is 53.6. The number of aliphatic hydroxyl groups excluding tert-OH is 1. The van der Waals surface area contributed by atoms with Gasteiger partial charge in [0.05, 0.1) is 19.5 Å². The van der Waals surface area contributed by atoms with Gasteiger partial charge >= 0.3 is 13.7 Å². The number of hydrogen-bond donors (Lipinski definition) is 2. The van der Waals surface area contributed by atoms with Crippen molar-refractivity contribution in [3.05, 3.63) is 42.5 Å². The van der Waals surface area contributed by atoms with E-state index in [1.54, 1.807) is 32.0 Å². The third-order valence-corrected chi connectivity index (χ3v) is 8.88. The van der Waals surface area contributed by atoms with Crippen molar-refractivity contribution < 1.29 is 37.4 Å². The molecule has 43 heavy (non-hydrogen) atoms. The van der Waals surface area contributed by atoms with Crippen molar-refractivity contribution in [2.24, 2.45) is 0 Å². The van der Waals surface area contributed by atoms with Crippen molar-refractivity contribution in [2.45, 2.75) is 69.8 Å². The first kappa shape index (κ1) is 30.8. The van der Waals surface area contributed by atoms with E-state index in [4.69, 9.17) is 24.9 Å². The maximum Gasteiger partial charge on any atom is 0.459 e. The number of alkyl halides is 1. The summed E-state index contributed by atoms with van der Waals surface area (Å²) in [7, 11) is -2.40. The van der Waals surface area contributed by atoms with E-state index in [2.05, 4.69) is 20.0 Å². The highest BCUT2D eigenvalue weighted by Gasteiger charge is 2.58. The van der Waals surface area contributed by atoms with E-state index in [1.165, 1.54) is 30.0 Å². The quantitative estimate of drug-likeness (QED) is 0.175. The van der Waals surface area contributed by atoms with Crippen LogP contribution < -0.4 is 14.5 Å². The highest BCUT2D eigenvalue weighted by Crippen LogP contribution is 2.48. The van der Waals surface area contributed by atoms with Crippen LogP contribution in [0.25, 0.3) is 11.2 Å². The molecule has 1 saturated heterocycles. The third-order valence-electron chi connectivity index (χ3n) is 7.23. The molecular formula is C28H34FN6O7P. The molecule has 2 N–H and O–H groups in total. The number of esters is 1. The molecule has 1 aromatic carbocycles. The zero-order valence-corrected chi connectivity index (χ0v) is 25.1. The topological polar surface area (TPSA) is 150 Å². The molecule has 230 valence electrons. The largest absolute Gasteiger partial charge is 0.465 e. The number of aromatic nitrogens is 4. The van der Waals surface area contributed by atoms with Crippen molar-refractivity contribution in [2.75, 3.05) is 25.2 Å². The van der Waals surface area contributed by atoms with E-state index in [-0.39, 0.29) is 18.0 Å². The molecule has 0 amide bonds. The molecule has 0 bridgehead atoms. The number of carbonyl (C=O) groups excluding carboxylic acids is 1. The van der Waals surface area contributed by atoms with Gasteiger partial charge in [-0.15, -0.1) is 6.42 Å². The number of halogens is 1. The van der Waals surface area contributed by atoms with Gasteiger partial charge in [0.1, 0.15) is 29.8 Å². The summed E-state index contributed by atoms with van der Waals surface area (Å²) in [6.07, 6.45) is 4.14. The average molecular weight is 617 g/mol. The van der Waals surface area contributed by atoms with Crippen molar-refractivity contribution in [1.82, 2.24) is 24.6 Å². The Bertz CT molecular complexity index is 1560. The van der Waals surface area contributed by atoms with Crippen LogP contribution in [0, 0.1) is 19.3 Å². The van der Waals surface area contributed by atoms with Gasteiger partial charge in [0.2, 0.25) is 5.67 Å². The molecule has 3 heterocycles. The molecule has 13 nitrogen and oxygen atoms in total. The Morgan fingerprint density at radius 2 is 2.09 bits per heavy atom. The first-order valence-electron chi connectivity index (χ1n) is 13.9. The summed E-state index contributed by atoms with van der Waals surface area (Å²) in [4.78, 5) is 27.7. The predicted octanol–water partition coefficient (Wildman–Crippen LogP) is 3.08. The van der Waals surface area contributed by atoms with Crippen LogP contribution in [0.5, 0.6) is 5.75 Å². The SMILES string of the molecule is C#C[C@@]1(F)[C@H](O)[C@@H](COP(=O)(N[C@@H](C)C(=O)OCC)Oc2ccccc2)O[C@H]1n1cnc2c(N(C)C3CC3)nc(C)nc21. The lowest BCUT2D eigenvalue weighted by Gasteiger charge is -2.25. The van der Waals surface area contributed by atoms with E-state index in [0.717, 1.165) is 12.8 Å². The Kier molecular flexibility index (Phi) is 8.74. The first-order chi connectivity index (χ1) is 20.5. The molecule has 15 heteroatoms. The van der Waals surface area contributed by atoms with Gasteiger partial charge in [0.15, 0.2) is 23.2 Å². The molecule has 1 unspecified atom stereocenters. The summed E-state index contributed by atoms with van der Waals surface area (Å²) in [5.74, 6) is 2.54. The second kappa shape index (κ2) is 12.2. The van der Waals surface area contributed by atoms with Crippen LogP contribution in [0.15, 0.2) is 36.7 Å².